The van der Waals surface area contributed by atoms with Gasteiger partial charge in [0.05, 0.1) is 18.5 Å². The molecule has 0 saturated heterocycles. The third-order valence-corrected chi connectivity index (χ3v) is 2.26. The zero-order chi connectivity index (χ0) is 11.4. The van der Waals surface area contributed by atoms with Crippen LogP contribution in [0.25, 0.3) is 11.3 Å². The molecule has 0 saturated carbocycles. The SMILES string of the molecule is COCc1ccc(-c2cnc(NO)[nH]2)cc1. The third-order valence-electron chi connectivity index (χ3n) is 2.26. The second-order valence-electron chi connectivity index (χ2n) is 3.39. The van der Waals surface area contributed by atoms with Crippen LogP contribution >= 0.6 is 0 Å². The quantitative estimate of drug-likeness (QED) is 0.688. The maximum atomic E-state index is 8.65. The Labute approximate surface area is 93.1 Å². The molecule has 0 amide bonds. The molecule has 0 atom stereocenters. The highest BCUT2D eigenvalue weighted by atomic mass is 16.5. The number of methoxy groups -OCH3 is 1. The lowest BCUT2D eigenvalue weighted by Gasteiger charge is -2.01. The average Bonchev–Trinajstić information content (AvgIpc) is 2.79. The summed E-state index contributed by atoms with van der Waals surface area (Å²) in [6.45, 7) is 0.604. The first-order valence-electron chi connectivity index (χ1n) is 4.87. The van der Waals surface area contributed by atoms with Crippen molar-refractivity contribution in [3.63, 3.8) is 0 Å². The molecule has 1 aromatic heterocycles. The summed E-state index contributed by atoms with van der Waals surface area (Å²) < 4.78 is 5.03. The molecule has 0 unspecified atom stereocenters. The van der Waals surface area contributed by atoms with Gasteiger partial charge in [-0.05, 0) is 11.1 Å². The minimum atomic E-state index is 0.330. The van der Waals surface area contributed by atoms with Crippen molar-refractivity contribution in [3.05, 3.63) is 36.0 Å². The number of nitrogens with one attached hydrogen (secondary N) is 2. The summed E-state index contributed by atoms with van der Waals surface area (Å²) in [6, 6.07) is 7.93. The van der Waals surface area contributed by atoms with E-state index in [2.05, 4.69) is 9.97 Å². The van der Waals surface area contributed by atoms with Gasteiger partial charge in [0, 0.05) is 7.11 Å². The van der Waals surface area contributed by atoms with Gasteiger partial charge >= 0.3 is 0 Å². The van der Waals surface area contributed by atoms with E-state index in [9.17, 15) is 0 Å². The Balaban J connectivity index is 2.20. The van der Waals surface area contributed by atoms with Gasteiger partial charge in [0.1, 0.15) is 0 Å². The summed E-state index contributed by atoms with van der Waals surface area (Å²) >= 11 is 0. The lowest BCUT2D eigenvalue weighted by atomic mass is 10.1. The van der Waals surface area contributed by atoms with Gasteiger partial charge in [0.2, 0.25) is 5.95 Å². The van der Waals surface area contributed by atoms with E-state index in [-0.39, 0.29) is 0 Å². The van der Waals surface area contributed by atoms with E-state index < -0.39 is 0 Å². The predicted octanol–water partition coefficient (Wildman–Crippen LogP) is 2.02. The first-order valence-corrected chi connectivity index (χ1v) is 4.87. The molecule has 0 bridgehead atoms. The highest BCUT2D eigenvalue weighted by Crippen LogP contribution is 2.19. The number of hydrogen-bond acceptors (Lipinski definition) is 4. The maximum Gasteiger partial charge on any atom is 0.224 e. The first kappa shape index (κ1) is 10.7. The second kappa shape index (κ2) is 4.78. The van der Waals surface area contributed by atoms with Crippen LogP contribution < -0.4 is 5.48 Å². The van der Waals surface area contributed by atoms with Crippen LogP contribution in [0.15, 0.2) is 30.5 Å². The molecule has 1 heterocycles. The van der Waals surface area contributed by atoms with E-state index in [1.165, 1.54) is 0 Å². The van der Waals surface area contributed by atoms with E-state index in [4.69, 9.17) is 9.94 Å². The molecule has 84 valence electrons. The minimum Gasteiger partial charge on any atom is -0.380 e. The standard InChI is InChI=1S/C11H13N3O2/c1-16-7-8-2-4-9(5-3-8)10-6-12-11(13-10)14-15/h2-6,15H,7H2,1H3,(H2,12,13,14). The molecule has 0 aliphatic carbocycles. The smallest absolute Gasteiger partial charge is 0.224 e. The molecule has 5 heteroatoms. The van der Waals surface area contributed by atoms with Crippen LogP contribution in [0.4, 0.5) is 5.95 Å². The molecule has 1 aromatic carbocycles. The lowest BCUT2D eigenvalue weighted by Crippen LogP contribution is -1.90. The number of nitrogens with zero attached hydrogens (tertiary/aromatic N) is 1. The van der Waals surface area contributed by atoms with Crippen molar-refractivity contribution in [2.45, 2.75) is 6.61 Å². The number of ether oxygens (including phenoxy) is 1. The summed E-state index contributed by atoms with van der Waals surface area (Å²) in [5, 5.41) is 8.65. The van der Waals surface area contributed by atoms with Gasteiger partial charge in [0.15, 0.2) is 0 Å². The van der Waals surface area contributed by atoms with Crippen molar-refractivity contribution in [1.82, 2.24) is 9.97 Å². The van der Waals surface area contributed by atoms with Gasteiger partial charge in [0.25, 0.3) is 0 Å². The number of imidazole rings is 1. The van der Waals surface area contributed by atoms with Crippen molar-refractivity contribution in [2.24, 2.45) is 0 Å². The van der Waals surface area contributed by atoms with Crippen LogP contribution in [-0.2, 0) is 11.3 Å². The van der Waals surface area contributed by atoms with Crippen molar-refractivity contribution in [2.75, 3.05) is 12.6 Å². The molecule has 2 aromatic rings. The molecule has 5 nitrogen and oxygen atoms in total. The summed E-state index contributed by atoms with van der Waals surface area (Å²) in [4.78, 5) is 6.86. The normalized spacial score (nSPS) is 10.4. The van der Waals surface area contributed by atoms with Crippen LogP contribution in [0.2, 0.25) is 0 Å². The van der Waals surface area contributed by atoms with Gasteiger partial charge in [-0.3, -0.25) is 5.21 Å². The average molecular weight is 219 g/mol. The molecule has 0 fully saturated rings. The Morgan fingerprint density at radius 1 is 1.38 bits per heavy atom. The number of rotatable bonds is 4. The van der Waals surface area contributed by atoms with Crippen molar-refractivity contribution >= 4 is 5.95 Å². The fraction of sp³-hybridized carbons (Fsp3) is 0.182. The highest BCUT2D eigenvalue weighted by Gasteiger charge is 2.02. The second-order valence-corrected chi connectivity index (χ2v) is 3.39. The van der Waals surface area contributed by atoms with Crippen LogP contribution in [0.1, 0.15) is 5.56 Å². The Morgan fingerprint density at radius 2 is 2.12 bits per heavy atom. The Bertz CT molecular complexity index is 451. The third kappa shape index (κ3) is 2.21. The van der Waals surface area contributed by atoms with E-state index in [1.807, 2.05) is 29.7 Å². The predicted molar refractivity (Wildman–Crippen MR) is 60.1 cm³/mol. The molecule has 0 aliphatic heterocycles. The topological polar surface area (TPSA) is 70.2 Å². The van der Waals surface area contributed by atoms with Gasteiger partial charge in [-0.25, -0.2) is 10.5 Å². The summed E-state index contributed by atoms with van der Waals surface area (Å²) in [7, 11) is 1.67. The van der Waals surface area contributed by atoms with Crippen LogP contribution in [0, 0.1) is 0 Å². The summed E-state index contributed by atoms with van der Waals surface area (Å²) in [6.07, 6.45) is 1.66. The number of H-pyrrole nitrogens is 1. The number of aromatic nitrogens is 2. The number of hydrogen-bond donors (Lipinski definition) is 3. The number of aromatic amines is 1. The van der Waals surface area contributed by atoms with Crippen molar-refractivity contribution in [1.29, 1.82) is 0 Å². The van der Waals surface area contributed by atoms with E-state index in [0.717, 1.165) is 16.8 Å². The van der Waals surface area contributed by atoms with Gasteiger partial charge < -0.3 is 9.72 Å². The van der Waals surface area contributed by atoms with E-state index >= 15 is 0 Å². The van der Waals surface area contributed by atoms with E-state index in [1.54, 1.807) is 13.3 Å². The summed E-state index contributed by atoms with van der Waals surface area (Å²) in [5.41, 5.74) is 4.93. The van der Waals surface area contributed by atoms with E-state index in [0.29, 0.717) is 12.6 Å². The Kier molecular flexibility index (Phi) is 3.19. The number of anilines is 1. The molecule has 2 rings (SSSR count). The zero-order valence-electron chi connectivity index (χ0n) is 8.90. The fourth-order valence-corrected chi connectivity index (χ4v) is 1.47. The molecule has 0 aliphatic rings. The van der Waals surface area contributed by atoms with Gasteiger partial charge in [-0.1, -0.05) is 24.3 Å². The fourth-order valence-electron chi connectivity index (χ4n) is 1.47. The maximum absolute atomic E-state index is 8.65. The molecule has 0 spiro atoms. The van der Waals surface area contributed by atoms with Crippen LogP contribution in [0.3, 0.4) is 0 Å². The van der Waals surface area contributed by atoms with Crippen LogP contribution in [-0.4, -0.2) is 22.3 Å². The Morgan fingerprint density at radius 3 is 2.69 bits per heavy atom. The van der Waals surface area contributed by atoms with Gasteiger partial charge in [-0.2, -0.15) is 0 Å². The first-order chi connectivity index (χ1) is 7.83. The van der Waals surface area contributed by atoms with Crippen molar-refractivity contribution in [3.8, 4) is 11.3 Å². The molecule has 16 heavy (non-hydrogen) atoms. The number of benzene rings is 1. The highest BCUT2D eigenvalue weighted by molar-refractivity contribution is 5.60. The van der Waals surface area contributed by atoms with Crippen molar-refractivity contribution < 1.29 is 9.94 Å². The largest absolute Gasteiger partial charge is 0.380 e. The molecule has 3 N–H and O–H groups in total. The zero-order valence-corrected chi connectivity index (χ0v) is 8.90. The van der Waals surface area contributed by atoms with Gasteiger partial charge in [-0.15, -0.1) is 0 Å². The monoisotopic (exact) mass is 219 g/mol. The Hall–Kier alpha value is -1.85. The lowest BCUT2D eigenvalue weighted by molar-refractivity contribution is 0.185. The molecule has 0 radical (unpaired) electrons. The summed E-state index contributed by atoms with van der Waals surface area (Å²) in [5.74, 6) is 0.330. The molecular weight excluding hydrogens is 206 g/mol. The van der Waals surface area contributed by atoms with Crippen LogP contribution in [0.5, 0.6) is 0 Å². The molecular formula is C11H13N3O2. The minimum absolute atomic E-state index is 0.330.